The Labute approximate surface area is 72.8 Å². The summed E-state index contributed by atoms with van der Waals surface area (Å²) in [5, 5.41) is 0. The Morgan fingerprint density at radius 1 is 1.42 bits per heavy atom. The smallest absolute Gasteiger partial charge is 0.227 e. The summed E-state index contributed by atoms with van der Waals surface area (Å²) in [4.78, 5) is 12.4. The molecule has 63 valence electrons. The SMILES string of the molecule is [CH2]C(=O)N(C)c1ccccc1C. The first kappa shape index (κ1) is 8.78. The highest BCUT2D eigenvalue weighted by Gasteiger charge is 2.06. The molecule has 0 saturated carbocycles. The van der Waals surface area contributed by atoms with Crippen LogP contribution in [0.3, 0.4) is 0 Å². The van der Waals surface area contributed by atoms with Crippen molar-refractivity contribution in [3.05, 3.63) is 36.8 Å². The Bertz CT molecular complexity index is 294. The van der Waals surface area contributed by atoms with Crippen molar-refractivity contribution in [2.45, 2.75) is 6.92 Å². The largest absolute Gasteiger partial charge is 0.315 e. The van der Waals surface area contributed by atoms with Gasteiger partial charge in [0.25, 0.3) is 0 Å². The van der Waals surface area contributed by atoms with Crippen molar-refractivity contribution < 1.29 is 4.79 Å². The number of amides is 1. The van der Waals surface area contributed by atoms with Crippen molar-refractivity contribution in [3.63, 3.8) is 0 Å². The van der Waals surface area contributed by atoms with E-state index in [1.165, 1.54) is 4.90 Å². The van der Waals surface area contributed by atoms with Crippen LogP contribution in [0.2, 0.25) is 0 Å². The summed E-state index contributed by atoms with van der Waals surface area (Å²) in [6, 6.07) is 7.72. The van der Waals surface area contributed by atoms with Gasteiger partial charge in [0.15, 0.2) is 0 Å². The molecule has 0 aromatic heterocycles. The lowest BCUT2D eigenvalue weighted by Crippen LogP contribution is -2.23. The quantitative estimate of drug-likeness (QED) is 0.616. The molecule has 0 saturated heterocycles. The first-order valence-corrected chi connectivity index (χ1v) is 3.78. The van der Waals surface area contributed by atoms with Gasteiger partial charge < -0.3 is 4.90 Å². The molecule has 0 unspecified atom stereocenters. The van der Waals surface area contributed by atoms with Crippen LogP contribution in [0.15, 0.2) is 24.3 Å². The second kappa shape index (κ2) is 3.39. The number of hydrogen-bond acceptors (Lipinski definition) is 1. The maximum atomic E-state index is 10.9. The maximum Gasteiger partial charge on any atom is 0.227 e. The highest BCUT2D eigenvalue weighted by atomic mass is 16.2. The molecule has 2 nitrogen and oxygen atoms in total. The number of hydrogen-bond donors (Lipinski definition) is 0. The van der Waals surface area contributed by atoms with Gasteiger partial charge in [-0.1, -0.05) is 18.2 Å². The molecule has 0 N–H and O–H groups in total. The summed E-state index contributed by atoms with van der Waals surface area (Å²) >= 11 is 0. The van der Waals surface area contributed by atoms with E-state index in [9.17, 15) is 4.79 Å². The minimum atomic E-state index is -0.190. The van der Waals surface area contributed by atoms with E-state index in [-0.39, 0.29) is 5.91 Å². The number of aryl methyl sites for hydroxylation is 1. The van der Waals surface area contributed by atoms with E-state index in [0.29, 0.717) is 0 Å². The lowest BCUT2D eigenvalue weighted by atomic mass is 10.2. The molecule has 0 fully saturated rings. The van der Waals surface area contributed by atoms with Crippen LogP contribution >= 0.6 is 0 Å². The predicted molar refractivity (Wildman–Crippen MR) is 49.9 cm³/mol. The summed E-state index contributed by atoms with van der Waals surface area (Å²) in [6.07, 6.45) is 0. The van der Waals surface area contributed by atoms with Crippen molar-refractivity contribution in [1.29, 1.82) is 0 Å². The normalized spacial score (nSPS) is 9.58. The van der Waals surface area contributed by atoms with Gasteiger partial charge >= 0.3 is 0 Å². The lowest BCUT2D eigenvalue weighted by molar-refractivity contribution is -0.114. The second-order valence-electron chi connectivity index (χ2n) is 2.74. The molecule has 0 atom stereocenters. The van der Waals surface area contributed by atoms with Crippen LogP contribution in [0.25, 0.3) is 0 Å². The molecule has 0 spiro atoms. The minimum absolute atomic E-state index is 0.190. The van der Waals surface area contributed by atoms with Gasteiger partial charge in [0.2, 0.25) is 5.91 Å². The number of carbonyl (C=O) groups excluding carboxylic acids is 1. The highest BCUT2D eigenvalue weighted by Crippen LogP contribution is 2.17. The molecule has 0 heterocycles. The van der Waals surface area contributed by atoms with Gasteiger partial charge in [-0.2, -0.15) is 0 Å². The Morgan fingerprint density at radius 3 is 2.50 bits per heavy atom. The van der Waals surface area contributed by atoms with Crippen LogP contribution in [-0.2, 0) is 4.79 Å². The average Bonchev–Trinajstić information content (AvgIpc) is 2.04. The number of benzene rings is 1. The molecule has 1 rings (SSSR count). The minimum Gasteiger partial charge on any atom is -0.315 e. The second-order valence-corrected chi connectivity index (χ2v) is 2.74. The number of para-hydroxylation sites is 1. The summed E-state index contributed by atoms with van der Waals surface area (Å²) in [7, 11) is 1.72. The third-order valence-corrected chi connectivity index (χ3v) is 1.85. The topological polar surface area (TPSA) is 20.3 Å². The van der Waals surface area contributed by atoms with E-state index in [1.54, 1.807) is 7.05 Å². The molecule has 1 aromatic rings. The summed E-state index contributed by atoms with van der Waals surface area (Å²) in [6.45, 7) is 5.31. The zero-order chi connectivity index (χ0) is 9.14. The van der Waals surface area contributed by atoms with Crippen molar-refractivity contribution >= 4 is 11.6 Å². The van der Waals surface area contributed by atoms with Crippen molar-refractivity contribution in [2.75, 3.05) is 11.9 Å². The molecule has 0 bridgehead atoms. The molecule has 12 heavy (non-hydrogen) atoms. The van der Waals surface area contributed by atoms with Crippen LogP contribution in [0.5, 0.6) is 0 Å². The number of nitrogens with zero attached hydrogens (tertiary/aromatic N) is 1. The number of carbonyl (C=O) groups is 1. The van der Waals surface area contributed by atoms with Gasteiger partial charge in [0.05, 0.1) is 0 Å². The Morgan fingerprint density at radius 2 is 2.00 bits per heavy atom. The van der Waals surface area contributed by atoms with Crippen LogP contribution in [0, 0.1) is 13.8 Å². The van der Waals surface area contributed by atoms with Crippen LogP contribution in [0.4, 0.5) is 5.69 Å². The molecule has 1 radical (unpaired) electrons. The van der Waals surface area contributed by atoms with E-state index < -0.39 is 0 Å². The van der Waals surface area contributed by atoms with Gasteiger partial charge in [-0.05, 0) is 18.6 Å². The van der Waals surface area contributed by atoms with Gasteiger partial charge in [0.1, 0.15) is 0 Å². The van der Waals surface area contributed by atoms with E-state index in [0.717, 1.165) is 11.3 Å². The van der Waals surface area contributed by atoms with Crippen LogP contribution in [-0.4, -0.2) is 13.0 Å². The zero-order valence-electron chi connectivity index (χ0n) is 7.37. The Hall–Kier alpha value is -1.31. The molecule has 1 aromatic carbocycles. The van der Waals surface area contributed by atoms with Crippen LogP contribution in [0.1, 0.15) is 5.56 Å². The van der Waals surface area contributed by atoms with E-state index in [2.05, 4.69) is 6.92 Å². The lowest BCUT2D eigenvalue weighted by Gasteiger charge is -2.16. The van der Waals surface area contributed by atoms with Crippen molar-refractivity contribution in [2.24, 2.45) is 0 Å². The molecular weight excluding hydrogens is 150 g/mol. The summed E-state index contributed by atoms with van der Waals surface area (Å²) in [5.74, 6) is -0.190. The van der Waals surface area contributed by atoms with Gasteiger partial charge in [-0.15, -0.1) is 0 Å². The van der Waals surface area contributed by atoms with Crippen molar-refractivity contribution in [1.82, 2.24) is 0 Å². The standard InChI is InChI=1S/C10H12NO/c1-8-6-4-5-7-10(8)11(3)9(2)12/h4-7H,2H2,1,3H3. The fourth-order valence-electron chi connectivity index (χ4n) is 1.07. The van der Waals surface area contributed by atoms with E-state index >= 15 is 0 Å². The first-order chi connectivity index (χ1) is 5.63. The predicted octanol–water partition coefficient (Wildman–Crippen LogP) is 1.79. The fraction of sp³-hybridized carbons (Fsp3) is 0.200. The van der Waals surface area contributed by atoms with Crippen LogP contribution < -0.4 is 4.90 Å². The Kier molecular flexibility index (Phi) is 2.48. The van der Waals surface area contributed by atoms with Gasteiger partial charge in [-0.3, -0.25) is 4.79 Å². The molecule has 0 aliphatic carbocycles. The first-order valence-electron chi connectivity index (χ1n) is 3.78. The average molecular weight is 162 g/mol. The monoisotopic (exact) mass is 162 g/mol. The van der Waals surface area contributed by atoms with E-state index in [4.69, 9.17) is 0 Å². The molecular formula is C10H12NO. The molecule has 1 amide bonds. The Balaban J connectivity index is 3.02. The van der Waals surface area contributed by atoms with E-state index in [1.807, 2.05) is 31.2 Å². The number of rotatable bonds is 1. The molecule has 0 aliphatic rings. The number of anilines is 1. The summed E-state index contributed by atoms with van der Waals surface area (Å²) in [5.41, 5.74) is 1.99. The summed E-state index contributed by atoms with van der Waals surface area (Å²) < 4.78 is 0. The molecule has 2 heteroatoms. The van der Waals surface area contributed by atoms with Gasteiger partial charge in [0, 0.05) is 19.7 Å². The van der Waals surface area contributed by atoms with Gasteiger partial charge in [-0.25, -0.2) is 0 Å². The maximum absolute atomic E-state index is 10.9. The van der Waals surface area contributed by atoms with Crippen molar-refractivity contribution in [3.8, 4) is 0 Å². The molecule has 0 aliphatic heterocycles. The third kappa shape index (κ3) is 1.64. The highest BCUT2D eigenvalue weighted by molar-refractivity contribution is 5.96. The fourth-order valence-corrected chi connectivity index (χ4v) is 1.07. The third-order valence-electron chi connectivity index (χ3n) is 1.85. The zero-order valence-corrected chi connectivity index (χ0v) is 7.37.